The third-order valence-corrected chi connectivity index (χ3v) is 6.15. The maximum Gasteiger partial charge on any atom is 0.326 e. The first-order valence-corrected chi connectivity index (χ1v) is 11.2. The highest BCUT2D eigenvalue weighted by Gasteiger charge is 2.38. The molecule has 2 atom stereocenters. The number of benzene rings is 2. The van der Waals surface area contributed by atoms with Gasteiger partial charge < -0.3 is 26.0 Å². The summed E-state index contributed by atoms with van der Waals surface area (Å²) in [4.78, 5) is 43.4. The Balaban J connectivity index is 1.65. The molecule has 2 heterocycles. The van der Waals surface area contributed by atoms with Gasteiger partial charge >= 0.3 is 5.97 Å². The van der Waals surface area contributed by atoms with Crippen molar-refractivity contribution in [2.45, 2.75) is 44.3 Å². The van der Waals surface area contributed by atoms with E-state index in [4.69, 9.17) is 5.73 Å². The Morgan fingerprint density at radius 1 is 1.09 bits per heavy atom. The highest BCUT2D eigenvalue weighted by molar-refractivity contribution is 5.99. The van der Waals surface area contributed by atoms with E-state index in [9.17, 15) is 19.5 Å². The highest BCUT2D eigenvalue weighted by atomic mass is 16.4. The number of carboxylic acid groups (broad SMARTS) is 1. The first kappa shape index (κ1) is 22.5. The fraction of sp³-hybridized carbons (Fsp3) is 0.320. The molecule has 0 saturated carbocycles. The van der Waals surface area contributed by atoms with Gasteiger partial charge in [0.05, 0.1) is 6.54 Å². The van der Waals surface area contributed by atoms with E-state index >= 15 is 0 Å². The second-order valence-corrected chi connectivity index (χ2v) is 8.33. The number of aliphatic carboxylic acids is 1. The molecule has 33 heavy (non-hydrogen) atoms. The zero-order valence-corrected chi connectivity index (χ0v) is 18.3. The molecule has 2 unspecified atom stereocenters. The van der Waals surface area contributed by atoms with Crippen molar-refractivity contribution in [1.29, 1.82) is 0 Å². The maximum absolute atomic E-state index is 13.4. The average Bonchev–Trinajstić information content (AvgIpc) is 3.20. The number of hydrogen-bond donors (Lipinski definition) is 4. The molecule has 0 fully saturated rings. The number of aromatic amines is 1. The molecule has 0 spiro atoms. The van der Waals surface area contributed by atoms with Gasteiger partial charge in [-0.2, -0.15) is 0 Å². The van der Waals surface area contributed by atoms with Crippen LogP contribution < -0.4 is 11.1 Å². The first-order valence-electron chi connectivity index (χ1n) is 11.2. The monoisotopic (exact) mass is 448 g/mol. The topological polar surface area (TPSA) is 129 Å². The van der Waals surface area contributed by atoms with Gasteiger partial charge in [-0.1, -0.05) is 36.4 Å². The summed E-state index contributed by atoms with van der Waals surface area (Å²) in [5, 5.41) is 13.3. The van der Waals surface area contributed by atoms with Crippen LogP contribution in [-0.4, -0.2) is 51.4 Å². The summed E-state index contributed by atoms with van der Waals surface area (Å²) in [6.45, 7) is 0.701. The number of hydrogen-bond acceptors (Lipinski definition) is 4. The Morgan fingerprint density at radius 3 is 2.55 bits per heavy atom. The lowest BCUT2D eigenvalue weighted by molar-refractivity contribution is -0.142. The van der Waals surface area contributed by atoms with E-state index in [1.165, 1.54) is 4.90 Å². The molecule has 8 heteroatoms. The van der Waals surface area contributed by atoms with Crippen LogP contribution in [-0.2, 0) is 22.6 Å². The summed E-state index contributed by atoms with van der Waals surface area (Å²) >= 11 is 0. The Morgan fingerprint density at radius 2 is 1.82 bits per heavy atom. The number of para-hydroxylation sites is 1. The van der Waals surface area contributed by atoms with Crippen LogP contribution in [0.1, 0.15) is 40.9 Å². The van der Waals surface area contributed by atoms with Gasteiger partial charge in [0.1, 0.15) is 12.1 Å². The second kappa shape index (κ2) is 9.87. The van der Waals surface area contributed by atoms with Crippen molar-refractivity contribution < 1.29 is 19.5 Å². The van der Waals surface area contributed by atoms with Crippen molar-refractivity contribution in [3.8, 4) is 0 Å². The summed E-state index contributed by atoms with van der Waals surface area (Å²) in [5.74, 6) is -1.82. The number of carbonyl (C=O) groups excluding carboxylic acids is 2. The normalized spacial score (nSPS) is 16.3. The molecule has 1 aromatic heterocycles. The molecular formula is C25H28N4O4. The minimum atomic E-state index is -1.09. The zero-order valence-electron chi connectivity index (χ0n) is 18.3. The number of carboxylic acids is 1. The minimum absolute atomic E-state index is 0.237. The van der Waals surface area contributed by atoms with E-state index in [-0.39, 0.29) is 18.9 Å². The third kappa shape index (κ3) is 4.75. The van der Waals surface area contributed by atoms with E-state index in [0.29, 0.717) is 31.4 Å². The van der Waals surface area contributed by atoms with Crippen molar-refractivity contribution in [2.24, 2.45) is 5.73 Å². The van der Waals surface area contributed by atoms with Crippen molar-refractivity contribution in [3.63, 3.8) is 0 Å². The van der Waals surface area contributed by atoms with Crippen molar-refractivity contribution in [1.82, 2.24) is 15.2 Å². The fourth-order valence-electron chi connectivity index (χ4n) is 4.42. The van der Waals surface area contributed by atoms with Gasteiger partial charge in [-0.3, -0.25) is 9.59 Å². The summed E-state index contributed by atoms with van der Waals surface area (Å²) in [6.07, 6.45) is 1.87. The van der Waals surface area contributed by atoms with Gasteiger partial charge in [0.15, 0.2) is 0 Å². The van der Waals surface area contributed by atoms with Crippen LogP contribution in [0.25, 0.3) is 10.9 Å². The lowest BCUT2D eigenvalue weighted by Gasteiger charge is -2.35. The lowest BCUT2D eigenvalue weighted by atomic mass is 9.94. The molecule has 5 N–H and O–H groups in total. The maximum atomic E-state index is 13.4. The van der Waals surface area contributed by atoms with Crippen LogP contribution >= 0.6 is 0 Å². The quantitative estimate of drug-likeness (QED) is 0.394. The number of nitrogens with one attached hydrogen (secondary N) is 2. The van der Waals surface area contributed by atoms with Crippen molar-refractivity contribution >= 4 is 28.7 Å². The molecule has 0 saturated heterocycles. The molecular weight excluding hydrogens is 420 g/mol. The predicted octanol–water partition coefficient (Wildman–Crippen LogP) is 2.43. The fourth-order valence-corrected chi connectivity index (χ4v) is 4.42. The second-order valence-electron chi connectivity index (χ2n) is 8.33. The number of nitrogens with two attached hydrogens (primary N) is 1. The van der Waals surface area contributed by atoms with Crippen LogP contribution in [0.15, 0.2) is 54.6 Å². The molecule has 0 aliphatic carbocycles. The van der Waals surface area contributed by atoms with Gasteiger partial charge in [0, 0.05) is 28.6 Å². The zero-order chi connectivity index (χ0) is 23.4. The Kier molecular flexibility index (Phi) is 6.74. The van der Waals surface area contributed by atoms with E-state index in [0.717, 1.165) is 22.2 Å². The van der Waals surface area contributed by atoms with E-state index in [2.05, 4.69) is 10.3 Å². The van der Waals surface area contributed by atoms with E-state index in [1.807, 2.05) is 30.3 Å². The standard InChI is InChI=1S/C25H28N4O4/c26-13-7-6-12-20(25(32)33)28-23(30)22-14-18-17-10-4-5-11-19(17)27-21(18)15-29(22)24(31)16-8-2-1-3-9-16/h1-5,8-11,20,22,27H,6-7,12-15,26H2,(H,28,30)(H,32,33). The third-order valence-electron chi connectivity index (χ3n) is 6.15. The lowest BCUT2D eigenvalue weighted by Crippen LogP contribution is -2.55. The molecule has 3 aromatic rings. The molecule has 0 radical (unpaired) electrons. The number of H-pyrrole nitrogens is 1. The number of nitrogens with zero attached hydrogens (tertiary/aromatic N) is 1. The number of unbranched alkanes of at least 4 members (excludes halogenated alkanes) is 1. The van der Waals surface area contributed by atoms with Crippen LogP contribution in [0.3, 0.4) is 0 Å². The first-order chi connectivity index (χ1) is 16.0. The predicted molar refractivity (Wildman–Crippen MR) is 125 cm³/mol. The van der Waals surface area contributed by atoms with Crippen LogP contribution in [0.4, 0.5) is 0 Å². The van der Waals surface area contributed by atoms with Gasteiger partial charge in [-0.05, 0) is 49.6 Å². The molecule has 172 valence electrons. The minimum Gasteiger partial charge on any atom is -0.480 e. The SMILES string of the molecule is NCCCCC(NC(=O)C1Cc2c([nH]c3ccccc23)CN1C(=O)c1ccccc1)C(=O)O. The molecule has 1 aliphatic rings. The molecule has 8 nitrogen and oxygen atoms in total. The largest absolute Gasteiger partial charge is 0.480 e. The van der Waals surface area contributed by atoms with Crippen LogP contribution in [0, 0.1) is 0 Å². The van der Waals surface area contributed by atoms with Gasteiger partial charge in [0.25, 0.3) is 5.91 Å². The molecule has 4 rings (SSSR count). The Bertz CT molecular complexity index is 1160. The molecule has 0 bridgehead atoms. The molecule has 1 aliphatic heterocycles. The number of amides is 2. The Labute approximate surface area is 191 Å². The van der Waals surface area contributed by atoms with Gasteiger partial charge in [-0.15, -0.1) is 0 Å². The number of fused-ring (bicyclic) bond motifs is 3. The van der Waals surface area contributed by atoms with Gasteiger partial charge in [0.2, 0.25) is 5.91 Å². The highest BCUT2D eigenvalue weighted by Crippen LogP contribution is 2.31. The van der Waals surface area contributed by atoms with Crippen LogP contribution in [0.5, 0.6) is 0 Å². The summed E-state index contributed by atoms with van der Waals surface area (Å²) in [5.41, 5.74) is 8.81. The summed E-state index contributed by atoms with van der Waals surface area (Å²) in [6, 6.07) is 14.8. The number of rotatable bonds is 8. The van der Waals surface area contributed by atoms with E-state index in [1.54, 1.807) is 24.3 Å². The smallest absolute Gasteiger partial charge is 0.326 e. The van der Waals surface area contributed by atoms with Crippen molar-refractivity contribution in [2.75, 3.05) is 6.54 Å². The van der Waals surface area contributed by atoms with Crippen molar-refractivity contribution in [3.05, 3.63) is 71.4 Å². The Hall–Kier alpha value is -3.65. The molecule has 2 amide bonds. The number of aromatic nitrogens is 1. The van der Waals surface area contributed by atoms with Crippen LogP contribution in [0.2, 0.25) is 0 Å². The summed E-state index contributed by atoms with van der Waals surface area (Å²) < 4.78 is 0. The van der Waals surface area contributed by atoms with Gasteiger partial charge in [-0.25, -0.2) is 4.79 Å². The average molecular weight is 449 g/mol. The number of carbonyl (C=O) groups is 3. The molecule has 2 aromatic carbocycles. The van der Waals surface area contributed by atoms with E-state index < -0.39 is 24.0 Å². The summed E-state index contributed by atoms with van der Waals surface area (Å²) in [7, 11) is 0.